The molecular weight excluding hydrogens is 348 g/mol. The SMILES string of the molecule is CCC(Oc1cccc(C)c1)C(=O)N1CCN(c2cccc(Cl)c2)CC1. The highest BCUT2D eigenvalue weighted by Crippen LogP contribution is 2.22. The van der Waals surface area contributed by atoms with Gasteiger partial charge in [0.05, 0.1) is 0 Å². The largest absolute Gasteiger partial charge is 0.481 e. The molecule has 1 fully saturated rings. The second-order valence-electron chi connectivity index (χ2n) is 6.62. The van der Waals surface area contributed by atoms with Crippen LogP contribution in [0.3, 0.4) is 0 Å². The lowest BCUT2D eigenvalue weighted by molar-refractivity contribution is -0.139. The van der Waals surface area contributed by atoms with Gasteiger partial charge in [-0.3, -0.25) is 4.79 Å². The maximum Gasteiger partial charge on any atom is 0.263 e. The first-order chi connectivity index (χ1) is 12.6. The normalized spacial score (nSPS) is 15.7. The highest BCUT2D eigenvalue weighted by molar-refractivity contribution is 6.30. The van der Waals surface area contributed by atoms with E-state index < -0.39 is 6.10 Å². The van der Waals surface area contributed by atoms with Gasteiger partial charge in [-0.1, -0.05) is 36.7 Å². The first kappa shape index (κ1) is 18.6. The summed E-state index contributed by atoms with van der Waals surface area (Å²) >= 11 is 6.08. The van der Waals surface area contributed by atoms with Gasteiger partial charge in [0.1, 0.15) is 5.75 Å². The molecule has 1 unspecified atom stereocenters. The fourth-order valence-corrected chi connectivity index (χ4v) is 3.41. The van der Waals surface area contributed by atoms with E-state index in [2.05, 4.69) is 11.0 Å². The number of nitrogens with zero attached hydrogens (tertiary/aromatic N) is 2. The predicted octanol–water partition coefficient (Wildman–Crippen LogP) is 4.15. The standard InChI is InChI=1S/C21H25ClN2O2/c1-3-20(26-19-9-4-6-16(2)14-19)21(25)24-12-10-23(11-13-24)18-8-5-7-17(22)15-18/h4-9,14-15,20H,3,10-13H2,1-2H3. The van der Waals surface area contributed by atoms with Crippen LogP contribution in [-0.2, 0) is 4.79 Å². The minimum Gasteiger partial charge on any atom is -0.481 e. The Morgan fingerprint density at radius 3 is 2.50 bits per heavy atom. The lowest BCUT2D eigenvalue weighted by atomic mass is 10.2. The molecule has 0 aliphatic carbocycles. The van der Waals surface area contributed by atoms with Crippen LogP contribution in [0.25, 0.3) is 0 Å². The molecule has 2 aromatic carbocycles. The Hall–Kier alpha value is -2.20. The van der Waals surface area contributed by atoms with Crippen molar-refractivity contribution < 1.29 is 9.53 Å². The van der Waals surface area contributed by atoms with E-state index >= 15 is 0 Å². The van der Waals surface area contributed by atoms with Crippen LogP contribution in [0.5, 0.6) is 5.75 Å². The number of ether oxygens (including phenoxy) is 1. The number of aryl methyl sites for hydroxylation is 1. The molecule has 26 heavy (non-hydrogen) atoms. The van der Waals surface area contributed by atoms with Gasteiger partial charge in [0.2, 0.25) is 0 Å². The zero-order chi connectivity index (χ0) is 18.5. The van der Waals surface area contributed by atoms with Crippen LogP contribution in [0.2, 0.25) is 5.02 Å². The summed E-state index contributed by atoms with van der Waals surface area (Å²) in [4.78, 5) is 17.0. The molecule has 4 nitrogen and oxygen atoms in total. The van der Waals surface area contributed by atoms with Crippen LogP contribution in [0.15, 0.2) is 48.5 Å². The number of anilines is 1. The average molecular weight is 373 g/mol. The van der Waals surface area contributed by atoms with Crippen LogP contribution in [0, 0.1) is 6.92 Å². The number of halogens is 1. The Morgan fingerprint density at radius 2 is 1.85 bits per heavy atom. The van der Waals surface area contributed by atoms with Gasteiger partial charge in [-0.2, -0.15) is 0 Å². The quantitative estimate of drug-likeness (QED) is 0.790. The lowest BCUT2D eigenvalue weighted by Gasteiger charge is -2.37. The summed E-state index contributed by atoms with van der Waals surface area (Å²) in [6.07, 6.45) is 0.218. The molecule has 0 bridgehead atoms. The van der Waals surface area contributed by atoms with E-state index in [-0.39, 0.29) is 5.91 Å². The van der Waals surface area contributed by atoms with E-state index in [0.29, 0.717) is 19.5 Å². The highest BCUT2D eigenvalue weighted by atomic mass is 35.5. The Labute approximate surface area is 160 Å². The molecule has 5 heteroatoms. The molecule has 1 amide bonds. The van der Waals surface area contributed by atoms with Gasteiger partial charge in [-0.15, -0.1) is 0 Å². The fraction of sp³-hybridized carbons (Fsp3) is 0.381. The average Bonchev–Trinajstić information content (AvgIpc) is 2.66. The topological polar surface area (TPSA) is 32.8 Å². The smallest absolute Gasteiger partial charge is 0.263 e. The van der Waals surface area contributed by atoms with Crippen molar-refractivity contribution in [2.75, 3.05) is 31.1 Å². The minimum absolute atomic E-state index is 0.0692. The van der Waals surface area contributed by atoms with E-state index in [4.69, 9.17) is 16.3 Å². The van der Waals surface area contributed by atoms with Crippen molar-refractivity contribution in [1.29, 1.82) is 0 Å². The molecule has 0 saturated carbocycles. The van der Waals surface area contributed by atoms with Crippen molar-refractivity contribution in [2.45, 2.75) is 26.4 Å². The van der Waals surface area contributed by atoms with Crippen molar-refractivity contribution in [3.8, 4) is 5.75 Å². The van der Waals surface area contributed by atoms with Gasteiger partial charge in [-0.05, 0) is 49.2 Å². The number of amides is 1. The molecule has 0 spiro atoms. The third-order valence-electron chi connectivity index (χ3n) is 4.68. The molecule has 1 aliphatic heterocycles. The van der Waals surface area contributed by atoms with E-state index in [9.17, 15) is 4.79 Å². The zero-order valence-electron chi connectivity index (χ0n) is 15.3. The number of carbonyl (C=O) groups excluding carboxylic acids is 1. The second-order valence-corrected chi connectivity index (χ2v) is 7.06. The second kappa shape index (κ2) is 8.45. The monoisotopic (exact) mass is 372 g/mol. The molecule has 1 atom stereocenters. The van der Waals surface area contributed by atoms with Crippen LogP contribution in [-0.4, -0.2) is 43.1 Å². The molecule has 1 saturated heterocycles. The third kappa shape index (κ3) is 4.50. The van der Waals surface area contributed by atoms with Crippen molar-refractivity contribution >= 4 is 23.2 Å². The summed E-state index contributed by atoms with van der Waals surface area (Å²) in [5, 5.41) is 0.735. The Balaban J connectivity index is 1.59. The third-order valence-corrected chi connectivity index (χ3v) is 4.91. The number of benzene rings is 2. The molecule has 1 heterocycles. The highest BCUT2D eigenvalue weighted by Gasteiger charge is 2.28. The van der Waals surface area contributed by atoms with Gasteiger partial charge in [-0.25, -0.2) is 0 Å². The fourth-order valence-electron chi connectivity index (χ4n) is 3.22. The molecule has 138 valence electrons. The van der Waals surface area contributed by atoms with Gasteiger partial charge < -0.3 is 14.5 Å². The Bertz CT molecular complexity index is 757. The van der Waals surface area contributed by atoms with Gasteiger partial charge in [0.25, 0.3) is 5.91 Å². The molecule has 0 radical (unpaired) electrons. The van der Waals surface area contributed by atoms with Crippen LogP contribution in [0.1, 0.15) is 18.9 Å². The Morgan fingerprint density at radius 1 is 1.12 bits per heavy atom. The van der Waals surface area contributed by atoms with E-state index in [1.165, 1.54) is 0 Å². The molecule has 0 N–H and O–H groups in total. The first-order valence-electron chi connectivity index (χ1n) is 9.09. The van der Waals surface area contributed by atoms with Crippen LogP contribution in [0.4, 0.5) is 5.69 Å². The van der Waals surface area contributed by atoms with Gasteiger partial charge in [0.15, 0.2) is 6.10 Å². The van der Waals surface area contributed by atoms with E-state index in [1.807, 2.05) is 61.2 Å². The maximum absolute atomic E-state index is 12.9. The van der Waals surface area contributed by atoms with Crippen molar-refractivity contribution in [3.05, 3.63) is 59.1 Å². The van der Waals surface area contributed by atoms with Crippen molar-refractivity contribution in [1.82, 2.24) is 4.90 Å². The number of piperazine rings is 1. The number of rotatable bonds is 5. The maximum atomic E-state index is 12.9. The lowest BCUT2D eigenvalue weighted by Crippen LogP contribution is -2.52. The molecule has 1 aliphatic rings. The zero-order valence-corrected chi connectivity index (χ0v) is 16.1. The summed E-state index contributed by atoms with van der Waals surface area (Å²) in [5.41, 5.74) is 2.23. The summed E-state index contributed by atoms with van der Waals surface area (Å²) < 4.78 is 5.96. The van der Waals surface area contributed by atoms with Crippen LogP contribution < -0.4 is 9.64 Å². The summed E-state index contributed by atoms with van der Waals surface area (Å²) in [7, 11) is 0. The minimum atomic E-state index is -0.436. The number of hydrogen-bond acceptors (Lipinski definition) is 3. The summed E-state index contributed by atoms with van der Waals surface area (Å²) in [6.45, 7) is 6.99. The van der Waals surface area contributed by atoms with E-state index in [1.54, 1.807) is 0 Å². The summed E-state index contributed by atoms with van der Waals surface area (Å²) in [5.74, 6) is 0.822. The van der Waals surface area contributed by atoms with Crippen molar-refractivity contribution in [3.63, 3.8) is 0 Å². The van der Waals surface area contributed by atoms with Gasteiger partial charge in [0, 0.05) is 36.9 Å². The van der Waals surface area contributed by atoms with Crippen LogP contribution >= 0.6 is 11.6 Å². The molecular formula is C21H25ClN2O2. The Kier molecular flexibility index (Phi) is 6.04. The molecule has 0 aromatic heterocycles. The number of hydrogen-bond donors (Lipinski definition) is 0. The first-order valence-corrected chi connectivity index (χ1v) is 9.47. The number of carbonyl (C=O) groups is 1. The predicted molar refractivity (Wildman–Crippen MR) is 106 cm³/mol. The molecule has 3 rings (SSSR count). The summed E-state index contributed by atoms with van der Waals surface area (Å²) in [6, 6.07) is 15.7. The van der Waals surface area contributed by atoms with Crippen molar-refractivity contribution in [2.24, 2.45) is 0 Å². The van der Waals surface area contributed by atoms with E-state index in [0.717, 1.165) is 35.1 Å². The molecule has 2 aromatic rings. The van der Waals surface area contributed by atoms with Gasteiger partial charge >= 0.3 is 0 Å².